The molecule has 0 spiro atoms. The molecule has 0 aromatic carbocycles. The van der Waals surface area contributed by atoms with Crippen molar-refractivity contribution in [3.05, 3.63) is 10.7 Å². The monoisotopic (exact) mass is 264 g/mol. The van der Waals surface area contributed by atoms with Crippen LogP contribution in [0.25, 0.3) is 0 Å². The summed E-state index contributed by atoms with van der Waals surface area (Å²) in [7, 11) is 3.82. The predicted octanol–water partition coefficient (Wildman–Crippen LogP) is 0.241. The zero-order valence-corrected chi connectivity index (χ0v) is 10.4. The van der Waals surface area contributed by atoms with E-state index in [1.165, 1.54) is 0 Å². The molecule has 1 rings (SSSR count). The third-order valence-electron chi connectivity index (χ3n) is 1.57. The van der Waals surface area contributed by atoms with Crippen LogP contribution in [-0.4, -0.2) is 55.2 Å². The maximum absolute atomic E-state index is 11.6. The maximum atomic E-state index is 11.6. The van der Waals surface area contributed by atoms with E-state index in [9.17, 15) is 4.79 Å². The fourth-order valence-electron chi connectivity index (χ4n) is 0.998. The van der Waals surface area contributed by atoms with Crippen molar-refractivity contribution in [3.63, 3.8) is 0 Å². The van der Waals surface area contributed by atoms with E-state index in [4.69, 9.17) is 12.2 Å². The molecule has 1 fully saturated rings. The number of carbonyl (C=O) groups excluding carboxylic acids is 1. The Morgan fingerprint density at radius 2 is 2.23 bits per heavy atom. The molecule has 0 bridgehead atoms. The Morgan fingerprint density at radius 3 is 2.62 bits per heavy atom. The van der Waals surface area contributed by atoms with E-state index >= 15 is 0 Å². The topological polar surface area (TPSA) is 23.6 Å². The normalized spacial score (nSPS) is 20.2. The average Bonchev–Trinajstić information content (AvgIpc) is 2.26. The van der Waals surface area contributed by atoms with Crippen LogP contribution in [0.4, 0.5) is 0 Å². The van der Waals surface area contributed by atoms with Gasteiger partial charge in [0.2, 0.25) is 0 Å². The van der Waals surface area contributed by atoms with E-state index in [-0.39, 0.29) is 20.9 Å². The quantitative estimate of drug-likeness (QED) is 0.405. The summed E-state index contributed by atoms with van der Waals surface area (Å²) in [6.07, 6.45) is 1.87. The first-order chi connectivity index (χ1) is 6.06. The molecular formula is C8H12N2OSSe. The van der Waals surface area contributed by atoms with Gasteiger partial charge in [-0.05, 0) is 0 Å². The van der Waals surface area contributed by atoms with Crippen molar-refractivity contribution >= 4 is 37.0 Å². The van der Waals surface area contributed by atoms with Crippen molar-refractivity contribution in [2.45, 2.75) is 6.92 Å². The third-order valence-corrected chi connectivity index (χ3v) is 4.10. The minimum absolute atomic E-state index is 0.0483. The van der Waals surface area contributed by atoms with Crippen molar-refractivity contribution in [3.8, 4) is 0 Å². The molecule has 0 aromatic heterocycles. The number of rotatable bonds is 2. The molecule has 0 N–H and O–H groups in total. The standard InChI is InChI=1S/C8H12N2OSSe/c1-4-10-7(11)6(5-9(2)3)13-8(10)12/h5H,4H2,1-3H3/b6-5-. The van der Waals surface area contributed by atoms with Crippen molar-refractivity contribution < 1.29 is 4.79 Å². The van der Waals surface area contributed by atoms with Crippen LogP contribution in [0.2, 0.25) is 0 Å². The van der Waals surface area contributed by atoms with Crippen molar-refractivity contribution in [2.24, 2.45) is 0 Å². The Balaban J connectivity index is 2.85. The summed E-state index contributed by atoms with van der Waals surface area (Å²) >= 11 is 5.17. The van der Waals surface area contributed by atoms with Crippen molar-refractivity contribution in [1.82, 2.24) is 9.80 Å². The summed E-state index contributed by atoms with van der Waals surface area (Å²) in [6.45, 7) is 2.63. The first-order valence-corrected chi connectivity index (χ1v) is 6.10. The Bertz CT molecular complexity index is 275. The van der Waals surface area contributed by atoms with E-state index in [1.807, 2.05) is 32.1 Å². The van der Waals surface area contributed by atoms with Crippen LogP contribution in [0.5, 0.6) is 0 Å². The van der Waals surface area contributed by atoms with Crippen LogP contribution >= 0.6 is 12.2 Å². The third kappa shape index (κ3) is 2.30. The number of nitrogens with zero attached hydrogens (tertiary/aromatic N) is 2. The molecule has 72 valence electrons. The first kappa shape index (κ1) is 10.7. The molecule has 13 heavy (non-hydrogen) atoms. The van der Waals surface area contributed by atoms with Gasteiger partial charge in [-0.25, -0.2) is 0 Å². The molecule has 1 amide bonds. The predicted molar refractivity (Wildman–Crippen MR) is 57.5 cm³/mol. The number of amides is 1. The zero-order valence-electron chi connectivity index (χ0n) is 7.90. The summed E-state index contributed by atoms with van der Waals surface area (Å²) in [4.78, 5) is 15.2. The van der Waals surface area contributed by atoms with Gasteiger partial charge in [0.05, 0.1) is 0 Å². The fraction of sp³-hybridized carbons (Fsp3) is 0.500. The van der Waals surface area contributed by atoms with Crippen molar-refractivity contribution in [2.75, 3.05) is 20.6 Å². The Morgan fingerprint density at radius 1 is 1.62 bits per heavy atom. The molecule has 0 saturated carbocycles. The van der Waals surface area contributed by atoms with Crippen LogP contribution in [-0.2, 0) is 4.79 Å². The van der Waals surface area contributed by atoms with E-state index in [1.54, 1.807) is 4.90 Å². The van der Waals surface area contributed by atoms with Gasteiger partial charge in [0.25, 0.3) is 0 Å². The van der Waals surface area contributed by atoms with Gasteiger partial charge in [0.15, 0.2) is 0 Å². The number of hydrogen-bond donors (Lipinski definition) is 0. The molecule has 0 unspecified atom stereocenters. The van der Waals surface area contributed by atoms with Gasteiger partial charge >= 0.3 is 89.8 Å². The summed E-state index contributed by atoms with van der Waals surface area (Å²) < 4.78 is 1.65. The van der Waals surface area contributed by atoms with Crippen LogP contribution in [0.15, 0.2) is 10.7 Å². The van der Waals surface area contributed by atoms with Gasteiger partial charge in [-0.1, -0.05) is 0 Å². The van der Waals surface area contributed by atoms with Crippen LogP contribution in [0, 0.1) is 0 Å². The SMILES string of the molecule is CCN1C(=O)/C(=C/N(C)C)[Se]C1=S. The molecule has 0 aromatic rings. The minimum atomic E-state index is 0.0483. The molecule has 1 aliphatic rings. The Hall–Kier alpha value is -0.381. The molecule has 0 radical (unpaired) electrons. The number of thiocarbonyl (C=S) groups is 1. The Kier molecular flexibility index (Phi) is 3.47. The van der Waals surface area contributed by atoms with E-state index in [0.717, 1.165) is 8.36 Å². The molecule has 0 atom stereocenters. The molecule has 0 aliphatic carbocycles. The average molecular weight is 263 g/mol. The van der Waals surface area contributed by atoms with Gasteiger partial charge in [-0.15, -0.1) is 0 Å². The van der Waals surface area contributed by atoms with E-state index in [0.29, 0.717) is 6.54 Å². The van der Waals surface area contributed by atoms with Gasteiger partial charge in [0, 0.05) is 0 Å². The van der Waals surface area contributed by atoms with Gasteiger partial charge in [-0.3, -0.25) is 0 Å². The van der Waals surface area contributed by atoms with Crippen LogP contribution in [0.3, 0.4) is 0 Å². The summed E-state index contributed by atoms with van der Waals surface area (Å²) in [5, 5.41) is 0. The fourth-order valence-corrected chi connectivity index (χ4v) is 3.71. The summed E-state index contributed by atoms with van der Waals surface area (Å²) in [5.41, 5.74) is 0. The second-order valence-electron chi connectivity index (χ2n) is 2.87. The van der Waals surface area contributed by atoms with Crippen LogP contribution < -0.4 is 0 Å². The van der Waals surface area contributed by atoms with Crippen LogP contribution in [0.1, 0.15) is 6.92 Å². The summed E-state index contributed by atoms with van der Waals surface area (Å²) in [5.74, 6) is 0.0844. The molecule has 3 nitrogen and oxygen atoms in total. The number of likely N-dealkylation sites (N-methyl/N-ethyl adjacent to an activating group) is 1. The molecule has 1 heterocycles. The summed E-state index contributed by atoms with van der Waals surface area (Å²) in [6, 6.07) is 0. The van der Waals surface area contributed by atoms with E-state index < -0.39 is 0 Å². The zero-order chi connectivity index (χ0) is 10.0. The van der Waals surface area contributed by atoms with Gasteiger partial charge in [0.1, 0.15) is 0 Å². The number of carbonyl (C=O) groups is 1. The number of hydrogen-bond acceptors (Lipinski definition) is 3. The molecule has 1 saturated heterocycles. The van der Waals surface area contributed by atoms with Gasteiger partial charge < -0.3 is 0 Å². The second kappa shape index (κ2) is 4.22. The molecule has 1 aliphatic heterocycles. The molecule has 5 heteroatoms. The first-order valence-electron chi connectivity index (χ1n) is 3.98. The molecular weight excluding hydrogens is 251 g/mol. The second-order valence-corrected chi connectivity index (χ2v) is 6.01. The van der Waals surface area contributed by atoms with Crippen molar-refractivity contribution in [1.29, 1.82) is 0 Å². The van der Waals surface area contributed by atoms with E-state index in [2.05, 4.69) is 0 Å². The van der Waals surface area contributed by atoms with Gasteiger partial charge in [-0.2, -0.15) is 0 Å². The Labute approximate surface area is 89.9 Å².